The molecule has 0 fully saturated rings. The van der Waals surface area contributed by atoms with Gasteiger partial charge in [0.05, 0.1) is 12.7 Å². The Morgan fingerprint density at radius 3 is 2.50 bits per heavy atom. The molecule has 0 saturated heterocycles. The van der Waals surface area contributed by atoms with Gasteiger partial charge < -0.3 is 20.3 Å². The lowest BCUT2D eigenvalue weighted by molar-refractivity contribution is -0.137. The van der Waals surface area contributed by atoms with Crippen LogP contribution < -0.4 is 10.6 Å². The van der Waals surface area contributed by atoms with Gasteiger partial charge in [-0.1, -0.05) is 32.0 Å². The summed E-state index contributed by atoms with van der Waals surface area (Å²) in [6, 6.07) is 10.8. The number of amides is 2. The van der Waals surface area contributed by atoms with E-state index >= 15 is 0 Å². The number of aromatic nitrogens is 3. The van der Waals surface area contributed by atoms with Crippen molar-refractivity contribution in [3.63, 3.8) is 0 Å². The summed E-state index contributed by atoms with van der Waals surface area (Å²) in [6.45, 7) is 8.59. The van der Waals surface area contributed by atoms with Gasteiger partial charge in [0.15, 0.2) is 0 Å². The highest BCUT2D eigenvalue weighted by atomic mass is 16.4. The van der Waals surface area contributed by atoms with E-state index in [1.54, 1.807) is 19.2 Å². The molecule has 0 radical (unpaired) electrons. The Balaban J connectivity index is 1.62. The molecule has 3 N–H and O–H groups in total. The van der Waals surface area contributed by atoms with Crippen molar-refractivity contribution in [3.8, 4) is 0 Å². The zero-order valence-corrected chi connectivity index (χ0v) is 23.7. The predicted octanol–water partition coefficient (Wildman–Crippen LogP) is 5.28. The molecule has 0 spiro atoms. The zero-order valence-electron chi connectivity index (χ0n) is 23.7. The molecule has 9 heteroatoms. The third-order valence-electron chi connectivity index (χ3n) is 7.25. The summed E-state index contributed by atoms with van der Waals surface area (Å²) in [5.74, 6) is -0.867. The molecule has 0 aliphatic rings. The molecule has 9 nitrogen and oxygen atoms in total. The van der Waals surface area contributed by atoms with E-state index in [-0.39, 0.29) is 18.2 Å². The van der Waals surface area contributed by atoms with Crippen LogP contribution in [0.3, 0.4) is 0 Å². The normalized spacial score (nSPS) is 12.1. The summed E-state index contributed by atoms with van der Waals surface area (Å²) in [7, 11) is 1.59. The van der Waals surface area contributed by atoms with Gasteiger partial charge in [0.25, 0.3) is 5.91 Å². The zero-order chi connectivity index (χ0) is 29.0. The number of fused-ring (bicyclic) bond motifs is 1. The number of aliphatic carboxylic acids is 1. The molecule has 0 bridgehead atoms. The number of aryl methyl sites for hydroxylation is 2. The molecule has 1 atom stereocenters. The highest BCUT2D eigenvalue weighted by Gasteiger charge is 2.20. The molecule has 0 saturated carbocycles. The maximum Gasteiger partial charge on any atom is 0.303 e. The molecule has 2 aromatic heterocycles. The molecule has 4 aromatic rings. The van der Waals surface area contributed by atoms with Gasteiger partial charge in [-0.05, 0) is 73.1 Å². The lowest BCUT2D eigenvalue weighted by Crippen LogP contribution is -2.24. The third-order valence-corrected chi connectivity index (χ3v) is 7.25. The number of carbonyl (C=O) groups is 3. The Kier molecular flexibility index (Phi) is 8.72. The topological polar surface area (TPSA) is 118 Å². The lowest BCUT2D eigenvalue weighted by Gasteiger charge is -2.18. The summed E-state index contributed by atoms with van der Waals surface area (Å²) in [5.41, 5.74) is 6.00. The van der Waals surface area contributed by atoms with E-state index in [1.807, 2.05) is 66.0 Å². The summed E-state index contributed by atoms with van der Waals surface area (Å²) >= 11 is 0. The van der Waals surface area contributed by atoms with E-state index in [1.165, 1.54) is 0 Å². The Bertz CT molecular complexity index is 1550. The fourth-order valence-electron chi connectivity index (χ4n) is 4.83. The Hall–Kier alpha value is -4.40. The van der Waals surface area contributed by atoms with E-state index in [2.05, 4.69) is 29.6 Å². The molecule has 4 rings (SSSR count). The van der Waals surface area contributed by atoms with Gasteiger partial charge in [0.2, 0.25) is 5.91 Å². The van der Waals surface area contributed by atoms with E-state index in [0.717, 1.165) is 33.2 Å². The van der Waals surface area contributed by atoms with Crippen molar-refractivity contribution in [2.75, 3.05) is 12.4 Å². The molecule has 2 amide bonds. The highest BCUT2D eigenvalue weighted by molar-refractivity contribution is 6.00. The van der Waals surface area contributed by atoms with Crippen molar-refractivity contribution >= 4 is 34.4 Å². The first kappa shape index (κ1) is 28.6. The van der Waals surface area contributed by atoms with E-state index in [0.29, 0.717) is 36.6 Å². The Morgan fingerprint density at radius 1 is 1.05 bits per heavy atom. The van der Waals surface area contributed by atoms with E-state index < -0.39 is 12.0 Å². The number of hydrogen-bond donors (Lipinski definition) is 3. The largest absolute Gasteiger partial charge is 0.481 e. The first-order chi connectivity index (χ1) is 19.1. The van der Waals surface area contributed by atoms with Gasteiger partial charge in [0, 0.05) is 48.0 Å². The van der Waals surface area contributed by atoms with Crippen LogP contribution in [0.1, 0.15) is 78.2 Å². The fraction of sp³-hybridized carbons (Fsp3) is 0.355. The van der Waals surface area contributed by atoms with Gasteiger partial charge in [-0.15, -0.1) is 0 Å². The van der Waals surface area contributed by atoms with Crippen LogP contribution in [0.25, 0.3) is 10.9 Å². The maximum atomic E-state index is 13.6. The minimum atomic E-state index is -0.846. The average Bonchev–Trinajstić information content (AvgIpc) is 3.53. The van der Waals surface area contributed by atoms with Crippen molar-refractivity contribution < 1.29 is 19.5 Å². The average molecular weight is 544 g/mol. The predicted molar refractivity (Wildman–Crippen MR) is 156 cm³/mol. The number of anilines is 1. The van der Waals surface area contributed by atoms with Gasteiger partial charge in [-0.3, -0.25) is 19.1 Å². The molecule has 1 unspecified atom stereocenters. The standard InChI is InChI=1S/C31H37N5O4/c1-19(2)25-15-33-35(18-25)17-22-9-10-23(7-6-8-29(37)38)27(13-22)34-30(39)21(4)36-16-20(3)26-12-11-24(14-28(26)36)31(40)32-5/h9-16,18-19,21H,6-8,17H2,1-5H3,(H,32,40)(H,34,39)(H,37,38). The van der Waals surface area contributed by atoms with Crippen molar-refractivity contribution in [3.05, 3.63) is 82.8 Å². The van der Waals surface area contributed by atoms with E-state index in [4.69, 9.17) is 5.11 Å². The van der Waals surface area contributed by atoms with Crippen LogP contribution in [0.5, 0.6) is 0 Å². The minimum absolute atomic E-state index is 0.0547. The number of rotatable bonds is 11. The number of carbonyl (C=O) groups excluding carboxylic acids is 2. The monoisotopic (exact) mass is 543 g/mol. The first-order valence-corrected chi connectivity index (χ1v) is 13.6. The Labute approximate surface area is 234 Å². The fourth-order valence-corrected chi connectivity index (χ4v) is 4.83. The molecule has 2 aromatic carbocycles. The molecule has 0 aliphatic carbocycles. The second-order valence-electron chi connectivity index (χ2n) is 10.6. The third kappa shape index (κ3) is 6.42. The summed E-state index contributed by atoms with van der Waals surface area (Å²) < 4.78 is 3.76. The molecular formula is C31H37N5O4. The first-order valence-electron chi connectivity index (χ1n) is 13.6. The summed E-state index contributed by atoms with van der Waals surface area (Å²) in [5, 5.41) is 20.3. The van der Waals surface area contributed by atoms with Gasteiger partial charge in [0.1, 0.15) is 6.04 Å². The van der Waals surface area contributed by atoms with Crippen LogP contribution in [-0.2, 0) is 22.6 Å². The molecule has 2 heterocycles. The van der Waals surface area contributed by atoms with Crippen LogP contribution in [0.2, 0.25) is 0 Å². The van der Waals surface area contributed by atoms with Crippen molar-refractivity contribution in [2.45, 2.75) is 65.5 Å². The number of hydrogen-bond acceptors (Lipinski definition) is 4. The van der Waals surface area contributed by atoms with Crippen molar-refractivity contribution in [2.24, 2.45) is 0 Å². The van der Waals surface area contributed by atoms with Crippen LogP contribution in [-0.4, -0.2) is 44.3 Å². The van der Waals surface area contributed by atoms with Gasteiger partial charge in [-0.25, -0.2) is 0 Å². The molecule has 210 valence electrons. The summed E-state index contributed by atoms with van der Waals surface area (Å²) in [4.78, 5) is 36.9. The number of nitrogens with one attached hydrogen (secondary N) is 2. The quantitative estimate of drug-likeness (QED) is 0.238. The highest BCUT2D eigenvalue weighted by Crippen LogP contribution is 2.28. The second-order valence-corrected chi connectivity index (χ2v) is 10.6. The van der Waals surface area contributed by atoms with Crippen LogP contribution in [0.15, 0.2) is 55.0 Å². The SMILES string of the molecule is CNC(=O)c1ccc2c(C)cn(C(C)C(=O)Nc3cc(Cn4cc(C(C)C)cn4)ccc3CCCC(=O)O)c2c1. The number of nitrogens with zero attached hydrogens (tertiary/aromatic N) is 3. The molecular weight excluding hydrogens is 506 g/mol. The molecule has 40 heavy (non-hydrogen) atoms. The molecule has 0 aliphatic heterocycles. The van der Waals surface area contributed by atoms with Gasteiger partial charge >= 0.3 is 5.97 Å². The van der Waals surface area contributed by atoms with Crippen molar-refractivity contribution in [1.82, 2.24) is 19.7 Å². The van der Waals surface area contributed by atoms with Crippen LogP contribution >= 0.6 is 0 Å². The summed E-state index contributed by atoms with van der Waals surface area (Å²) in [6.07, 6.45) is 6.87. The van der Waals surface area contributed by atoms with Crippen LogP contribution in [0.4, 0.5) is 5.69 Å². The number of carboxylic acids is 1. The number of benzene rings is 2. The lowest BCUT2D eigenvalue weighted by atomic mass is 10.0. The van der Waals surface area contributed by atoms with Crippen molar-refractivity contribution in [1.29, 1.82) is 0 Å². The number of carboxylic acid groups (broad SMARTS) is 1. The van der Waals surface area contributed by atoms with E-state index in [9.17, 15) is 14.4 Å². The second kappa shape index (κ2) is 12.2. The maximum absolute atomic E-state index is 13.6. The van der Waals surface area contributed by atoms with Gasteiger partial charge in [-0.2, -0.15) is 5.10 Å². The smallest absolute Gasteiger partial charge is 0.303 e. The Morgan fingerprint density at radius 2 is 1.82 bits per heavy atom. The van der Waals surface area contributed by atoms with Crippen LogP contribution in [0, 0.1) is 6.92 Å². The minimum Gasteiger partial charge on any atom is -0.481 e.